The number of amides is 1. The fraction of sp³-hybridized carbons (Fsp3) is 0.222. The van der Waals surface area contributed by atoms with E-state index in [2.05, 4.69) is 15.3 Å². The number of rotatable bonds is 4. The van der Waals surface area contributed by atoms with E-state index in [4.69, 9.17) is 15.7 Å². The number of nitriles is 1. The van der Waals surface area contributed by atoms with Gasteiger partial charge in [0.25, 0.3) is 12.3 Å². The van der Waals surface area contributed by atoms with Crippen LogP contribution in [0.2, 0.25) is 0 Å². The molecule has 1 aliphatic heterocycles. The highest BCUT2D eigenvalue weighted by molar-refractivity contribution is 6.02. The van der Waals surface area contributed by atoms with E-state index in [9.17, 15) is 18.0 Å². The molecule has 0 fully saturated rings. The average Bonchev–Trinajstić information content (AvgIpc) is 2.69. The number of hydrogen-bond acceptors (Lipinski definition) is 6. The quantitative estimate of drug-likeness (QED) is 0.832. The first-order valence-electron chi connectivity index (χ1n) is 8.03. The minimum atomic E-state index is -3.09. The van der Waals surface area contributed by atoms with Crippen LogP contribution in [0, 0.1) is 17.1 Å². The first kappa shape index (κ1) is 19.3. The highest BCUT2D eigenvalue weighted by Crippen LogP contribution is 2.37. The van der Waals surface area contributed by atoms with Crippen LogP contribution in [0.1, 0.15) is 21.6 Å². The lowest BCUT2D eigenvalue weighted by molar-refractivity contribution is -0.0145. The van der Waals surface area contributed by atoms with Gasteiger partial charge in [0.2, 0.25) is 0 Å². The van der Waals surface area contributed by atoms with E-state index in [-0.39, 0.29) is 29.4 Å². The zero-order chi connectivity index (χ0) is 20.3. The smallest absolute Gasteiger partial charge is 0.274 e. The molecule has 0 aliphatic carbocycles. The number of nitrogens with zero attached hydrogens (tertiary/aromatic N) is 3. The predicted molar refractivity (Wildman–Crippen MR) is 93.4 cm³/mol. The summed E-state index contributed by atoms with van der Waals surface area (Å²) in [6.07, 6.45) is -1.87. The van der Waals surface area contributed by atoms with Crippen molar-refractivity contribution in [2.45, 2.75) is 12.0 Å². The van der Waals surface area contributed by atoms with Gasteiger partial charge in [-0.2, -0.15) is 5.26 Å². The summed E-state index contributed by atoms with van der Waals surface area (Å²) in [7, 11) is 0. The van der Waals surface area contributed by atoms with E-state index < -0.39 is 35.9 Å². The van der Waals surface area contributed by atoms with E-state index in [1.54, 1.807) is 0 Å². The number of anilines is 1. The third-order valence-electron chi connectivity index (χ3n) is 4.09. The molecule has 10 heteroatoms. The van der Waals surface area contributed by atoms with Crippen molar-refractivity contribution >= 4 is 17.4 Å². The standard InChI is InChI=1S/C18H14F3N5O2/c19-13-3-2-11(25-16(27)14-4-1-10(6-22)7-24-14)5-12(13)18(17(20)21)9-28-8-15(23)26-18/h1-5,7,17H,8-9H2,(H2,23,26)(H,25,27). The Morgan fingerprint density at radius 3 is 2.75 bits per heavy atom. The third-order valence-corrected chi connectivity index (χ3v) is 4.09. The lowest BCUT2D eigenvalue weighted by atomic mass is 9.90. The van der Waals surface area contributed by atoms with Gasteiger partial charge < -0.3 is 15.8 Å². The lowest BCUT2D eigenvalue weighted by Crippen LogP contribution is -2.45. The van der Waals surface area contributed by atoms with Crippen molar-refractivity contribution in [3.8, 4) is 6.07 Å². The highest BCUT2D eigenvalue weighted by atomic mass is 19.3. The van der Waals surface area contributed by atoms with Crippen molar-refractivity contribution in [3.05, 3.63) is 59.2 Å². The Morgan fingerprint density at radius 2 is 2.14 bits per heavy atom. The fourth-order valence-electron chi connectivity index (χ4n) is 2.72. The van der Waals surface area contributed by atoms with Crippen LogP contribution in [-0.2, 0) is 10.3 Å². The number of nitrogens with two attached hydrogens (primary N) is 1. The second-order valence-corrected chi connectivity index (χ2v) is 6.01. The zero-order valence-corrected chi connectivity index (χ0v) is 14.3. The second kappa shape index (κ2) is 7.66. The molecule has 1 amide bonds. The van der Waals surface area contributed by atoms with Gasteiger partial charge in [-0.3, -0.25) is 9.79 Å². The van der Waals surface area contributed by atoms with Crippen LogP contribution < -0.4 is 11.1 Å². The molecule has 0 radical (unpaired) electrons. The van der Waals surface area contributed by atoms with Gasteiger partial charge in [0.15, 0.2) is 5.54 Å². The minimum Gasteiger partial charge on any atom is -0.385 e. The Bertz CT molecular complexity index is 972. The second-order valence-electron chi connectivity index (χ2n) is 6.01. The molecule has 0 bridgehead atoms. The van der Waals surface area contributed by atoms with E-state index in [0.717, 1.165) is 12.1 Å². The van der Waals surface area contributed by atoms with Gasteiger partial charge in [-0.15, -0.1) is 0 Å². The number of alkyl halides is 2. The molecule has 1 aromatic carbocycles. The van der Waals surface area contributed by atoms with Crippen molar-refractivity contribution in [2.75, 3.05) is 18.5 Å². The molecule has 1 aliphatic rings. The molecule has 7 nitrogen and oxygen atoms in total. The highest BCUT2D eigenvalue weighted by Gasteiger charge is 2.46. The number of carbonyl (C=O) groups excluding carboxylic acids is 1. The van der Waals surface area contributed by atoms with Crippen molar-refractivity contribution < 1.29 is 22.7 Å². The maximum atomic E-state index is 14.4. The topological polar surface area (TPSA) is 113 Å². The van der Waals surface area contributed by atoms with Crippen LogP contribution >= 0.6 is 0 Å². The maximum Gasteiger partial charge on any atom is 0.274 e. The zero-order valence-electron chi connectivity index (χ0n) is 14.3. The SMILES string of the molecule is N#Cc1ccc(C(=O)Nc2ccc(F)c(C3(C(F)F)COCC(N)=N3)c2)nc1. The van der Waals surface area contributed by atoms with Crippen LogP contribution in [0.3, 0.4) is 0 Å². The van der Waals surface area contributed by atoms with Gasteiger partial charge in [-0.25, -0.2) is 18.2 Å². The Kier molecular flexibility index (Phi) is 5.28. The number of hydrogen-bond donors (Lipinski definition) is 2. The van der Waals surface area contributed by atoms with Crippen LogP contribution in [0.5, 0.6) is 0 Å². The van der Waals surface area contributed by atoms with Gasteiger partial charge in [-0.1, -0.05) is 0 Å². The molecule has 0 saturated carbocycles. The first-order chi connectivity index (χ1) is 13.4. The molecule has 3 rings (SSSR count). The van der Waals surface area contributed by atoms with Crippen molar-refractivity contribution in [1.82, 2.24) is 4.98 Å². The molecule has 1 atom stereocenters. The van der Waals surface area contributed by atoms with Crippen molar-refractivity contribution in [1.29, 1.82) is 5.26 Å². The number of carbonyl (C=O) groups is 1. The molecule has 1 aromatic heterocycles. The molecule has 144 valence electrons. The van der Waals surface area contributed by atoms with E-state index in [1.807, 2.05) is 6.07 Å². The van der Waals surface area contributed by atoms with E-state index in [0.29, 0.717) is 0 Å². The Morgan fingerprint density at radius 1 is 1.36 bits per heavy atom. The van der Waals surface area contributed by atoms with Crippen LogP contribution in [0.15, 0.2) is 41.5 Å². The molecule has 2 heterocycles. The Hall–Kier alpha value is -3.45. The summed E-state index contributed by atoms with van der Waals surface area (Å²) in [6, 6.07) is 7.83. The van der Waals surface area contributed by atoms with Gasteiger partial charge >= 0.3 is 0 Å². The summed E-state index contributed by atoms with van der Waals surface area (Å²) in [6.45, 7) is -0.687. The molecule has 2 aromatic rings. The third kappa shape index (κ3) is 3.65. The molecule has 0 saturated heterocycles. The molecule has 3 N–H and O–H groups in total. The number of ether oxygens (including phenoxy) is 1. The normalized spacial score (nSPS) is 19.0. The van der Waals surface area contributed by atoms with Gasteiger partial charge in [-0.05, 0) is 30.3 Å². The monoisotopic (exact) mass is 389 g/mol. The predicted octanol–water partition coefficient (Wildman–Crippen LogP) is 2.19. The first-order valence-corrected chi connectivity index (χ1v) is 8.03. The van der Waals surface area contributed by atoms with E-state index >= 15 is 0 Å². The lowest BCUT2D eigenvalue weighted by Gasteiger charge is -2.33. The van der Waals surface area contributed by atoms with Crippen molar-refractivity contribution in [2.24, 2.45) is 10.7 Å². The van der Waals surface area contributed by atoms with Crippen LogP contribution in [-0.4, -0.2) is 36.4 Å². The van der Waals surface area contributed by atoms with Gasteiger partial charge in [0, 0.05) is 17.4 Å². The number of amidine groups is 1. The fourth-order valence-corrected chi connectivity index (χ4v) is 2.72. The molecular formula is C18H14F3N5O2. The van der Waals surface area contributed by atoms with Crippen molar-refractivity contribution in [3.63, 3.8) is 0 Å². The van der Waals surface area contributed by atoms with Crippen LogP contribution in [0.4, 0.5) is 18.9 Å². The summed E-state index contributed by atoms with van der Waals surface area (Å²) in [5.74, 6) is -1.77. The van der Waals surface area contributed by atoms with E-state index in [1.165, 1.54) is 24.4 Å². The van der Waals surface area contributed by atoms with Gasteiger partial charge in [0.05, 0.1) is 12.2 Å². The average molecular weight is 389 g/mol. The van der Waals surface area contributed by atoms with Crippen LogP contribution in [0.25, 0.3) is 0 Å². The number of aromatic nitrogens is 1. The maximum absolute atomic E-state index is 14.4. The minimum absolute atomic E-state index is 0.00304. The number of benzene rings is 1. The number of nitrogens with one attached hydrogen (secondary N) is 1. The molecular weight excluding hydrogens is 375 g/mol. The Balaban J connectivity index is 1.93. The molecule has 28 heavy (non-hydrogen) atoms. The number of pyridine rings is 1. The number of halogens is 3. The summed E-state index contributed by atoms with van der Waals surface area (Å²) in [5, 5.41) is 11.2. The summed E-state index contributed by atoms with van der Waals surface area (Å²) < 4.78 is 47.1. The number of aliphatic imine (C=N–C) groups is 1. The molecule has 0 spiro atoms. The summed E-state index contributed by atoms with van der Waals surface area (Å²) in [5.41, 5.74) is 3.10. The molecule has 1 unspecified atom stereocenters. The largest absolute Gasteiger partial charge is 0.385 e. The van der Waals surface area contributed by atoms with Gasteiger partial charge in [0.1, 0.15) is 30.0 Å². The Labute approximate surface area is 157 Å². The summed E-state index contributed by atoms with van der Waals surface area (Å²) in [4.78, 5) is 19.9. The summed E-state index contributed by atoms with van der Waals surface area (Å²) >= 11 is 0.